The second kappa shape index (κ2) is 4.69. The van der Waals surface area contributed by atoms with Crippen LogP contribution in [0.15, 0.2) is 0 Å². The standard InChI is InChI=1S/C11H20N2O3/c1-7-3-8(6-16-7)11(15)13(2)9-4-12-5-10(9)14/h7-10,12,14H,3-6H2,1-2H3/t7?,8?,9-,10-/m0/s1. The van der Waals surface area contributed by atoms with Gasteiger partial charge in [0.1, 0.15) is 0 Å². The van der Waals surface area contributed by atoms with Gasteiger partial charge in [-0.2, -0.15) is 0 Å². The Hall–Kier alpha value is -0.650. The van der Waals surface area contributed by atoms with Gasteiger partial charge >= 0.3 is 0 Å². The predicted molar refractivity (Wildman–Crippen MR) is 59.0 cm³/mol. The van der Waals surface area contributed by atoms with Crippen molar-refractivity contribution in [3.05, 3.63) is 0 Å². The zero-order valence-electron chi connectivity index (χ0n) is 9.85. The molecule has 2 saturated heterocycles. The molecule has 2 rings (SSSR count). The summed E-state index contributed by atoms with van der Waals surface area (Å²) in [7, 11) is 1.77. The van der Waals surface area contributed by atoms with Gasteiger partial charge in [-0.1, -0.05) is 0 Å². The molecule has 0 saturated carbocycles. The lowest BCUT2D eigenvalue weighted by molar-refractivity contribution is -0.137. The lowest BCUT2D eigenvalue weighted by Crippen LogP contribution is -2.46. The summed E-state index contributed by atoms with van der Waals surface area (Å²) in [5.41, 5.74) is 0. The van der Waals surface area contributed by atoms with Crippen LogP contribution < -0.4 is 5.32 Å². The molecule has 0 aromatic rings. The molecule has 0 aliphatic carbocycles. The Kier molecular flexibility index (Phi) is 3.47. The van der Waals surface area contributed by atoms with Gasteiger partial charge in [0.15, 0.2) is 0 Å². The van der Waals surface area contributed by atoms with Crippen molar-refractivity contribution in [2.75, 3.05) is 26.7 Å². The highest BCUT2D eigenvalue weighted by Gasteiger charge is 2.36. The Balaban J connectivity index is 1.93. The highest BCUT2D eigenvalue weighted by atomic mass is 16.5. The van der Waals surface area contributed by atoms with E-state index in [1.54, 1.807) is 11.9 Å². The highest BCUT2D eigenvalue weighted by Crippen LogP contribution is 2.22. The molecule has 0 radical (unpaired) electrons. The summed E-state index contributed by atoms with van der Waals surface area (Å²) < 4.78 is 5.40. The van der Waals surface area contributed by atoms with E-state index in [-0.39, 0.29) is 24.0 Å². The molecule has 1 amide bonds. The normalized spacial score (nSPS) is 38.9. The Morgan fingerprint density at radius 2 is 2.25 bits per heavy atom. The van der Waals surface area contributed by atoms with Gasteiger partial charge in [-0.15, -0.1) is 0 Å². The van der Waals surface area contributed by atoms with E-state index in [0.717, 1.165) is 6.42 Å². The van der Waals surface area contributed by atoms with Crippen molar-refractivity contribution < 1.29 is 14.6 Å². The fourth-order valence-electron chi connectivity index (χ4n) is 2.49. The molecular formula is C11H20N2O3. The van der Waals surface area contributed by atoms with Gasteiger partial charge in [-0.25, -0.2) is 0 Å². The topological polar surface area (TPSA) is 61.8 Å². The van der Waals surface area contributed by atoms with Gasteiger partial charge < -0.3 is 20.1 Å². The first-order valence-corrected chi connectivity index (χ1v) is 5.86. The third-order valence-electron chi connectivity index (χ3n) is 3.54. The first-order valence-electron chi connectivity index (χ1n) is 5.86. The van der Waals surface area contributed by atoms with E-state index >= 15 is 0 Å². The fourth-order valence-corrected chi connectivity index (χ4v) is 2.49. The molecule has 2 heterocycles. The van der Waals surface area contributed by atoms with Gasteiger partial charge in [-0.3, -0.25) is 4.79 Å². The van der Waals surface area contributed by atoms with Crippen LogP contribution in [-0.2, 0) is 9.53 Å². The molecule has 92 valence electrons. The van der Waals surface area contributed by atoms with Crippen molar-refractivity contribution in [3.8, 4) is 0 Å². The second-order valence-electron chi connectivity index (χ2n) is 4.82. The van der Waals surface area contributed by atoms with Crippen LogP contribution in [0, 0.1) is 5.92 Å². The number of rotatable bonds is 2. The van der Waals surface area contributed by atoms with Gasteiger partial charge in [0.05, 0.1) is 30.8 Å². The Bertz CT molecular complexity index is 272. The molecule has 0 bridgehead atoms. The highest BCUT2D eigenvalue weighted by molar-refractivity contribution is 5.79. The number of β-amino-alcohol motifs (C(OH)–C–C–N with tert-alkyl or cyclic N) is 1. The lowest BCUT2D eigenvalue weighted by atomic mass is 10.0. The summed E-state index contributed by atoms with van der Waals surface area (Å²) in [5, 5.41) is 12.8. The Morgan fingerprint density at radius 3 is 2.75 bits per heavy atom. The molecule has 16 heavy (non-hydrogen) atoms. The molecule has 2 aliphatic heterocycles. The van der Waals surface area contributed by atoms with E-state index in [1.807, 2.05) is 6.92 Å². The van der Waals surface area contributed by atoms with Crippen LogP contribution in [0.25, 0.3) is 0 Å². The maximum atomic E-state index is 12.1. The quantitative estimate of drug-likeness (QED) is 0.650. The van der Waals surface area contributed by atoms with Gasteiger partial charge in [0, 0.05) is 20.1 Å². The fraction of sp³-hybridized carbons (Fsp3) is 0.909. The summed E-state index contributed by atoms with van der Waals surface area (Å²) in [6.45, 7) is 3.74. The number of hydrogen-bond donors (Lipinski definition) is 2. The van der Waals surface area contributed by atoms with E-state index < -0.39 is 6.10 Å². The largest absolute Gasteiger partial charge is 0.390 e. The number of nitrogens with one attached hydrogen (secondary N) is 1. The first-order chi connectivity index (χ1) is 7.59. The molecule has 0 aromatic carbocycles. The van der Waals surface area contributed by atoms with E-state index in [9.17, 15) is 9.90 Å². The molecule has 2 N–H and O–H groups in total. The summed E-state index contributed by atoms with van der Waals surface area (Å²) in [4.78, 5) is 13.8. The second-order valence-corrected chi connectivity index (χ2v) is 4.82. The Labute approximate surface area is 95.8 Å². The number of carbonyl (C=O) groups excluding carboxylic acids is 1. The van der Waals surface area contributed by atoms with E-state index in [1.165, 1.54) is 0 Å². The van der Waals surface area contributed by atoms with Crippen LogP contribution in [0.5, 0.6) is 0 Å². The minimum atomic E-state index is -0.450. The zero-order valence-corrected chi connectivity index (χ0v) is 9.85. The molecular weight excluding hydrogens is 208 g/mol. The van der Waals surface area contributed by atoms with Crippen LogP contribution in [0.2, 0.25) is 0 Å². The predicted octanol–water partition coefficient (Wildman–Crippen LogP) is -0.797. The van der Waals surface area contributed by atoms with Crippen molar-refractivity contribution >= 4 is 5.91 Å². The summed E-state index contributed by atoms with van der Waals surface area (Å²) in [5.74, 6) is 0.0601. The van der Waals surface area contributed by atoms with Crippen molar-refractivity contribution in [3.63, 3.8) is 0 Å². The monoisotopic (exact) mass is 228 g/mol. The van der Waals surface area contributed by atoms with Crippen molar-refractivity contribution in [1.82, 2.24) is 10.2 Å². The van der Waals surface area contributed by atoms with Crippen LogP contribution in [-0.4, -0.2) is 60.9 Å². The maximum Gasteiger partial charge on any atom is 0.228 e. The molecule has 5 nitrogen and oxygen atoms in total. The number of aliphatic hydroxyl groups excluding tert-OH is 1. The third-order valence-corrected chi connectivity index (χ3v) is 3.54. The summed E-state index contributed by atoms with van der Waals surface area (Å²) in [6, 6.07) is -0.0941. The average Bonchev–Trinajstić information content (AvgIpc) is 2.85. The minimum absolute atomic E-state index is 0.0344. The van der Waals surface area contributed by atoms with Gasteiger partial charge in [0.2, 0.25) is 5.91 Å². The van der Waals surface area contributed by atoms with Gasteiger partial charge in [-0.05, 0) is 13.3 Å². The summed E-state index contributed by atoms with van der Waals surface area (Å²) >= 11 is 0. The van der Waals surface area contributed by atoms with E-state index in [2.05, 4.69) is 5.32 Å². The number of likely N-dealkylation sites (N-methyl/N-ethyl adjacent to an activating group) is 1. The van der Waals surface area contributed by atoms with Crippen molar-refractivity contribution in [2.24, 2.45) is 5.92 Å². The molecule has 2 unspecified atom stereocenters. The number of ether oxygens (including phenoxy) is 1. The molecule has 2 aliphatic rings. The number of hydrogen-bond acceptors (Lipinski definition) is 4. The molecule has 0 aromatic heterocycles. The number of aliphatic hydroxyl groups is 1. The SMILES string of the molecule is CC1CC(C(=O)N(C)[C@H]2CNC[C@@H]2O)CO1. The van der Waals surface area contributed by atoms with E-state index in [0.29, 0.717) is 19.7 Å². The average molecular weight is 228 g/mol. The van der Waals surface area contributed by atoms with E-state index in [4.69, 9.17) is 4.74 Å². The summed E-state index contributed by atoms with van der Waals surface area (Å²) in [6.07, 6.45) is 0.516. The zero-order chi connectivity index (χ0) is 11.7. The van der Waals surface area contributed by atoms with Crippen LogP contribution in [0.4, 0.5) is 0 Å². The van der Waals surface area contributed by atoms with Crippen molar-refractivity contribution in [1.29, 1.82) is 0 Å². The van der Waals surface area contributed by atoms with Crippen LogP contribution in [0.3, 0.4) is 0 Å². The van der Waals surface area contributed by atoms with Gasteiger partial charge in [0.25, 0.3) is 0 Å². The maximum absolute atomic E-state index is 12.1. The number of nitrogens with zero attached hydrogens (tertiary/aromatic N) is 1. The lowest BCUT2D eigenvalue weighted by Gasteiger charge is -2.28. The molecule has 0 spiro atoms. The first kappa shape index (κ1) is 11.8. The third kappa shape index (κ3) is 2.21. The van der Waals surface area contributed by atoms with Crippen LogP contribution >= 0.6 is 0 Å². The van der Waals surface area contributed by atoms with Crippen molar-refractivity contribution in [2.45, 2.75) is 31.6 Å². The van der Waals surface area contributed by atoms with Crippen LogP contribution in [0.1, 0.15) is 13.3 Å². The Morgan fingerprint density at radius 1 is 1.50 bits per heavy atom. The molecule has 5 heteroatoms. The minimum Gasteiger partial charge on any atom is -0.390 e. The molecule has 4 atom stereocenters. The number of carbonyl (C=O) groups is 1. The molecule has 2 fully saturated rings. The number of amides is 1. The smallest absolute Gasteiger partial charge is 0.228 e.